The van der Waals surface area contributed by atoms with Crippen molar-refractivity contribution in [3.05, 3.63) is 35.9 Å². The van der Waals surface area contributed by atoms with E-state index in [0.717, 1.165) is 6.42 Å². The van der Waals surface area contributed by atoms with E-state index in [4.69, 9.17) is 11.5 Å². The van der Waals surface area contributed by atoms with Gasteiger partial charge in [0.1, 0.15) is 0 Å². The second kappa shape index (κ2) is 4.91. The number of carbonyl (C=O) groups is 1. The van der Waals surface area contributed by atoms with Gasteiger partial charge in [-0.05, 0) is 6.42 Å². The first-order valence-electron chi connectivity index (χ1n) is 5.00. The Kier molecular flexibility index (Phi) is 3.82. The Hall–Kier alpha value is -1.39. The Morgan fingerprint density at radius 3 is 2.47 bits per heavy atom. The van der Waals surface area contributed by atoms with Crippen molar-refractivity contribution in [1.29, 1.82) is 0 Å². The number of nitrogens with one attached hydrogen (secondary N) is 1. The van der Waals surface area contributed by atoms with E-state index in [1.807, 2.05) is 25.1 Å². The largest absolute Gasteiger partial charge is 0.322 e. The van der Waals surface area contributed by atoms with Crippen LogP contribution in [0.5, 0.6) is 0 Å². The predicted octanol–water partition coefficient (Wildman–Crippen LogP) is 0.631. The van der Waals surface area contributed by atoms with E-state index >= 15 is 0 Å². The summed E-state index contributed by atoms with van der Waals surface area (Å²) in [6.07, 6.45) is 1.21. The Bertz CT molecular complexity index is 322. The number of rotatable bonds is 4. The van der Waals surface area contributed by atoms with Gasteiger partial charge in [-0.2, -0.15) is 0 Å². The first-order valence-corrected chi connectivity index (χ1v) is 5.00. The summed E-state index contributed by atoms with van der Waals surface area (Å²) in [5.41, 5.74) is 12.3. The molecule has 5 N–H and O–H groups in total. The quantitative estimate of drug-likeness (QED) is 0.633. The standard InChI is InChI=1S/C11H17N3O/c1-2-6-10(15)14-11(12,13)9-7-4-3-5-8-9/h3-5,7-8H,2,6,12-13H2,1H3,(H,14,15). The molecule has 0 saturated heterocycles. The highest BCUT2D eigenvalue weighted by Gasteiger charge is 2.23. The molecule has 82 valence electrons. The molecule has 15 heavy (non-hydrogen) atoms. The molecule has 0 heterocycles. The number of hydrogen-bond acceptors (Lipinski definition) is 3. The molecule has 0 bridgehead atoms. The monoisotopic (exact) mass is 207 g/mol. The van der Waals surface area contributed by atoms with Gasteiger partial charge in [0.25, 0.3) is 0 Å². The maximum Gasteiger partial charge on any atom is 0.222 e. The molecule has 0 aliphatic carbocycles. The van der Waals surface area contributed by atoms with E-state index in [0.29, 0.717) is 12.0 Å². The maximum absolute atomic E-state index is 11.4. The van der Waals surface area contributed by atoms with Gasteiger partial charge in [-0.1, -0.05) is 37.3 Å². The summed E-state index contributed by atoms with van der Waals surface area (Å²) in [5, 5.41) is 2.59. The van der Waals surface area contributed by atoms with Crippen LogP contribution in [0, 0.1) is 0 Å². The van der Waals surface area contributed by atoms with Crippen LogP contribution in [0.15, 0.2) is 30.3 Å². The number of hydrogen-bond donors (Lipinski definition) is 3. The van der Waals surface area contributed by atoms with E-state index in [-0.39, 0.29) is 5.91 Å². The zero-order chi connectivity index (χ0) is 11.3. The van der Waals surface area contributed by atoms with Crippen molar-refractivity contribution in [2.45, 2.75) is 25.6 Å². The van der Waals surface area contributed by atoms with Crippen LogP contribution >= 0.6 is 0 Å². The second-order valence-electron chi connectivity index (χ2n) is 3.53. The van der Waals surface area contributed by atoms with Crippen LogP contribution < -0.4 is 16.8 Å². The topological polar surface area (TPSA) is 81.1 Å². The minimum atomic E-state index is -1.28. The number of carbonyl (C=O) groups excluding carboxylic acids is 1. The van der Waals surface area contributed by atoms with E-state index in [2.05, 4.69) is 5.32 Å². The van der Waals surface area contributed by atoms with Crippen LogP contribution in [-0.4, -0.2) is 5.91 Å². The highest BCUT2D eigenvalue weighted by atomic mass is 16.1. The summed E-state index contributed by atoms with van der Waals surface area (Å²) < 4.78 is 0. The first-order chi connectivity index (χ1) is 7.06. The fraction of sp³-hybridized carbons (Fsp3) is 0.364. The van der Waals surface area contributed by atoms with Gasteiger partial charge in [-0.15, -0.1) is 0 Å². The van der Waals surface area contributed by atoms with Gasteiger partial charge >= 0.3 is 0 Å². The highest BCUT2D eigenvalue weighted by Crippen LogP contribution is 2.08. The van der Waals surface area contributed by atoms with Crippen molar-refractivity contribution < 1.29 is 4.79 Å². The van der Waals surface area contributed by atoms with E-state index in [1.54, 1.807) is 12.1 Å². The Morgan fingerprint density at radius 1 is 1.33 bits per heavy atom. The van der Waals surface area contributed by atoms with Crippen LogP contribution in [0.3, 0.4) is 0 Å². The number of amides is 1. The molecule has 0 aromatic heterocycles. The fourth-order valence-corrected chi connectivity index (χ4v) is 1.31. The van der Waals surface area contributed by atoms with Crippen LogP contribution in [0.2, 0.25) is 0 Å². The summed E-state index contributed by atoms with van der Waals surface area (Å²) in [7, 11) is 0. The minimum absolute atomic E-state index is 0.133. The van der Waals surface area contributed by atoms with E-state index in [1.165, 1.54) is 0 Å². The van der Waals surface area contributed by atoms with Gasteiger partial charge in [0.05, 0.1) is 0 Å². The smallest absolute Gasteiger partial charge is 0.222 e. The zero-order valence-corrected chi connectivity index (χ0v) is 8.86. The zero-order valence-electron chi connectivity index (χ0n) is 8.86. The molecule has 0 spiro atoms. The van der Waals surface area contributed by atoms with Gasteiger partial charge in [-0.3, -0.25) is 16.3 Å². The summed E-state index contributed by atoms with van der Waals surface area (Å²) in [4.78, 5) is 11.4. The van der Waals surface area contributed by atoms with Crippen molar-refractivity contribution >= 4 is 5.91 Å². The third-order valence-electron chi connectivity index (χ3n) is 2.07. The van der Waals surface area contributed by atoms with E-state index in [9.17, 15) is 4.79 Å². The molecule has 0 aliphatic rings. The average molecular weight is 207 g/mol. The maximum atomic E-state index is 11.4. The number of benzene rings is 1. The molecule has 1 amide bonds. The number of nitrogens with two attached hydrogens (primary N) is 2. The first kappa shape index (κ1) is 11.7. The molecule has 0 atom stereocenters. The van der Waals surface area contributed by atoms with Crippen LogP contribution in [0.1, 0.15) is 25.3 Å². The Morgan fingerprint density at radius 2 is 1.93 bits per heavy atom. The van der Waals surface area contributed by atoms with Crippen molar-refractivity contribution in [2.75, 3.05) is 0 Å². The molecule has 0 radical (unpaired) electrons. The Labute approximate surface area is 89.6 Å². The summed E-state index contributed by atoms with van der Waals surface area (Å²) in [6.45, 7) is 1.93. The summed E-state index contributed by atoms with van der Waals surface area (Å²) >= 11 is 0. The second-order valence-corrected chi connectivity index (χ2v) is 3.53. The highest BCUT2D eigenvalue weighted by molar-refractivity contribution is 5.76. The molecule has 1 aromatic carbocycles. The van der Waals surface area contributed by atoms with Crippen LogP contribution in [-0.2, 0) is 10.6 Å². The molecular weight excluding hydrogens is 190 g/mol. The summed E-state index contributed by atoms with van der Waals surface area (Å²) in [5.74, 6) is -1.42. The molecule has 1 rings (SSSR count). The molecular formula is C11H17N3O. The normalized spacial score (nSPS) is 11.1. The predicted molar refractivity (Wildman–Crippen MR) is 59.5 cm³/mol. The Balaban J connectivity index is 2.71. The van der Waals surface area contributed by atoms with Gasteiger partial charge < -0.3 is 5.32 Å². The van der Waals surface area contributed by atoms with Crippen LogP contribution in [0.4, 0.5) is 0 Å². The lowest BCUT2D eigenvalue weighted by molar-refractivity contribution is -0.123. The minimum Gasteiger partial charge on any atom is -0.322 e. The van der Waals surface area contributed by atoms with Crippen molar-refractivity contribution in [1.82, 2.24) is 5.32 Å². The third-order valence-corrected chi connectivity index (χ3v) is 2.07. The SMILES string of the molecule is CCCC(=O)NC(N)(N)c1ccccc1. The molecule has 4 nitrogen and oxygen atoms in total. The lowest BCUT2D eigenvalue weighted by Gasteiger charge is -2.26. The van der Waals surface area contributed by atoms with Gasteiger partial charge in [-0.25, -0.2) is 0 Å². The molecule has 4 heteroatoms. The van der Waals surface area contributed by atoms with Gasteiger partial charge in [0.2, 0.25) is 5.91 Å². The summed E-state index contributed by atoms with van der Waals surface area (Å²) in [6, 6.07) is 9.09. The lowest BCUT2D eigenvalue weighted by atomic mass is 10.1. The van der Waals surface area contributed by atoms with Crippen LogP contribution in [0.25, 0.3) is 0 Å². The van der Waals surface area contributed by atoms with Crippen molar-refractivity contribution in [3.8, 4) is 0 Å². The van der Waals surface area contributed by atoms with Crippen molar-refractivity contribution in [2.24, 2.45) is 11.5 Å². The van der Waals surface area contributed by atoms with Crippen molar-refractivity contribution in [3.63, 3.8) is 0 Å². The fourth-order valence-electron chi connectivity index (χ4n) is 1.31. The average Bonchev–Trinajstić information content (AvgIpc) is 2.18. The van der Waals surface area contributed by atoms with Gasteiger partial charge in [0.15, 0.2) is 5.79 Å². The molecule has 0 aliphatic heterocycles. The molecule has 0 fully saturated rings. The molecule has 1 aromatic rings. The molecule has 0 unspecified atom stereocenters. The van der Waals surface area contributed by atoms with Gasteiger partial charge in [0, 0.05) is 12.0 Å². The third kappa shape index (κ3) is 3.34. The van der Waals surface area contributed by atoms with E-state index < -0.39 is 5.79 Å². The molecule has 0 saturated carbocycles. The lowest BCUT2D eigenvalue weighted by Crippen LogP contribution is -2.59.